The minimum absolute atomic E-state index is 0.231. The smallest absolute Gasteiger partial charge is 0.278 e. The lowest BCUT2D eigenvalue weighted by molar-refractivity contribution is 0.101. The van der Waals surface area contributed by atoms with Gasteiger partial charge in [-0.15, -0.1) is 0 Å². The topological polar surface area (TPSA) is 73.0 Å². The van der Waals surface area contributed by atoms with Crippen molar-refractivity contribution in [2.75, 3.05) is 5.32 Å². The Morgan fingerprint density at radius 3 is 2.86 bits per heavy atom. The van der Waals surface area contributed by atoms with Crippen molar-refractivity contribution in [3.8, 4) is 0 Å². The molecule has 4 rings (SSSR count). The molecule has 2 saturated carbocycles. The van der Waals surface area contributed by atoms with Crippen LogP contribution in [-0.2, 0) is 0 Å². The zero-order valence-corrected chi connectivity index (χ0v) is 11.8. The summed E-state index contributed by atoms with van der Waals surface area (Å²) in [6.07, 6.45) is 8.69. The van der Waals surface area contributed by atoms with Crippen LogP contribution in [0.25, 0.3) is 0 Å². The number of aromatic nitrogens is 3. The van der Waals surface area contributed by atoms with Crippen LogP contribution in [0.4, 0.5) is 5.82 Å². The summed E-state index contributed by atoms with van der Waals surface area (Å²) in [5.74, 6) is 1.79. The molecule has 2 aromatic rings. The molecule has 1 N–H and O–H groups in total. The van der Waals surface area contributed by atoms with Crippen molar-refractivity contribution in [3.63, 3.8) is 0 Å². The molecule has 1 amide bonds. The molecule has 0 unspecified atom stereocenters. The molecule has 0 saturated heterocycles. The van der Waals surface area contributed by atoms with Gasteiger partial charge in [0.15, 0.2) is 5.69 Å². The van der Waals surface area contributed by atoms with Gasteiger partial charge in [0.25, 0.3) is 5.91 Å². The Labute approximate surface area is 122 Å². The molecule has 0 aromatic carbocycles. The normalized spacial score (nSPS) is 19.0. The summed E-state index contributed by atoms with van der Waals surface area (Å²) in [5.41, 5.74) is 0.344. The maximum absolute atomic E-state index is 12.3. The monoisotopic (exact) mass is 286 g/mol. The van der Waals surface area contributed by atoms with Crippen LogP contribution in [0.2, 0.25) is 0 Å². The van der Waals surface area contributed by atoms with Gasteiger partial charge < -0.3 is 9.84 Å². The second kappa shape index (κ2) is 5.02. The van der Waals surface area contributed by atoms with Crippen LogP contribution in [0.15, 0.2) is 22.9 Å². The van der Waals surface area contributed by atoms with E-state index in [2.05, 4.69) is 15.6 Å². The highest BCUT2D eigenvalue weighted by Crippen LogP contribution is 2.40. The molecule has 2 aliphatic carbocycles. The molecule has 21 heavy (non-hydrogen) atoms. The highest BCUT2D eigenvalue weighted by atomic mass is 16.5. The minimum Gasteiger partial charge on any atom is -0.360 e. The Morgan fingerprint density at radius 2 is 2.10 bits per heavy atom. The van der Waals surface area contributed by atoms with Crippen LogP contribution >= 0.6 is 0 Å². The van der Waals surface area contributed by atoms with E-state index in [1.165, 1.54) is 12.8 Å². The molecule has 2 aliphatic rings. The Bertz CT molecular complexity index is 650. The zero-order chi connectivity index (χ0) is 14.2. The number of carbonyl (C=O) groups excluding carboxylic acids is 1. The number of amides is 1. The van der Waals surface area contributed by atoms with Crippen LogP contribution in [0.1, 0.15) is 66.7 Å². The van der Waals surface area contributed by atoms with E-state index >= 15 is 0 Å². The van der Waals surface area contributed by atoms with Crippen molar-refractivity contribution in [3.05, 3.63) is 29.8 Å². The summed E-state index contributed by atoms with van der Waals surface area (Å²) in [7, 11) is 0. The molecular weight excluding hydrogens is 268 g/mol. The first-order chi connectivity index (χ1) is 10.3. The van der Waals surface area contributed by atoms with E-state index in [9.17, 15) is 4.79 Å². The molecule has 0 radical (unpaired) electrons. The van der Waals surface area contributed by atoms with Gasteiger partial charge in [0, 0.05) is 18.1 Å². The molecular formula is C15H18N4O2. The first-order valence-corrected chi connectivity index (χ1v) is 7.63. The number of carbonyl (C=O) groups is 1. The van der Waals surface area contributed by atoms with Crippen molar-refractivity contribution < 1.29 is 9.32 Å². The van der Waals surface area contributed by atoms with Gasteiger partial charge in [-0.25, -0.2) is 4.68 Å². The average molecular weight is 286 g/mol. The predicted octanol–water partition coefficient (Wildman–Crippen LogP) is 3.12. The molecule has 0 atom stereocenters. The lowest BCUT2D eigenvalue weighted by atomic mass is 10.2. The summed E-state index contributed by atoms with van der Waals surface area (Å²) < 4.78 is 7.15. The quantitative estimate of drug-likeness (QED) is 0.937. The van der Waals surface area contributed by atoms with Crippen molar-refractivity contribution in [1.29, 1.82) is 0 Å². The number of nitrogens with one attached hydrogen (secondary N) is 1. The van der Waals surface area contributed by atoms with Crippen molar-refractivity contribution >= 4 is 11.7 Å². The molecule has 0 aliphatic heterocycles. The van der Waals surface area contributed by atoms with Gasteiger partial charge in [-0.3, -0.25) is 4.79 Å². The fourth-order valence-corrected chi connectivity index (χ4v) is 2.99. The predicted molar refractivity (Wildman–Crippen MR) is 76.2 cm³/mol. The Kier molecular flexibility index (Phi) is 3.02. The van der Waals surface area contributed by atoms with Gasteiger partial charge in [0.05, 0.1) is 12.2 Å². The highest BCUT2D eigenvalue weighted by Gasteiger charge is 2.29. The molecule has 2 heterocycles. The lowest BCUT2D eigenvalue weighted by Gasteiger charge is -2.14. The van der Waals surface area contributed by atoms with Crippen LogP contribution < -0.4 is 5.32 Å². The van der Waals surface area contributed by atoms with Gasteiger partial charge in [0.2, 0.25) is 0 Å². The van der Waals surface area contributed by atoms with E-state index in [-0.39, 0.29) is 5.91 Å². The third kappa shape index (κ3) is 2.46. The van der Waals surface area contributed by atoms with E-state index in [4.69, 9.17) is 4.52 Å². The molecule has 110 valence electrons. The Hall–Kier alpha value is -2.11. The standard InChI is InChI=1S/C15H18N4O2/c20-15(12-9-13(21-18-12)10-5-6-10)17-14-7-8-16-19(14)11-3-1-2-4-11/h7-11H,1-6H2,(H,17,20). The van der Waals surface area contributed by atoms with Gasteiger partial charge in [-0.1, -0.05) is 18.0 Å². The van der Waals surface area contributed by atoms with E-state index in [1.807, 2.05) is 10.7 Å². The zero-order valence-electron chi connectivity index (χ0n) is 11.8. The van der Waals surface area contributed by atoms with Gasteiger partial charge >= 0.3 is 0 Å². The minimum atomic E-state index is -0.231. The van der Waals surface area contributed by atoms with E-state index in [0.29, 0.717) is 17.7 Å². The summed E-state index contributed by atoms with van der Waals surface area (Å²) in [4.78, 5) is 12.3. The average Bonchev–Trinajstić information content (AvgIpc) is 2.95. The molecule has 0 spiro atoms. The Morgan fingerprint density at radius 1 is 1.29 bits per heavy atom. The van der Waals surface area contributed by atoms with Crippen molar-refractivity contribution in [2.45, 2.75) is 50.5 Å². The summed E-state index contributed by atoms with van der Waals surface area (Å²) >= 11 is 0. The van der Waals surface area contributed by atoms with Crippen LogP contribution in [0.3, 0.4) is 0 Å². The van der Waals surface area contributed by atoms with E-state index in [1.54, 1.807) is 12.3 Å². The number of hydrogen-bond donors (Lipinski definition) is 1. The number of nitrogens with zero attached hydrogens (tertiary/aromatic N) is 3. The number of hydrogen-bond acceptors (Lipinski definition) is 4. The molecule has 2 aromatic heterocycles. The number of rotatable bonds is 4. The fraction of sp³-hybridized carbons (Fsp3) is 0.533. The maximum atomic E-state index is 12.3. The molecule has 2 fully saturated rings. The highest BCUT2D eigenvalue weighted by molar-refractivity contribution is 6.02. The molecule has 6 nitrogen and oxygen atoms in total. The Balaban J connectivity index is 1.49. The number of anilines is 1. The first kappa shape index (κ1) is 12.6. The third-order valence-electron chi connectivity index (χ3n) is 4.32. The third-order valence-corrected chi connectivity index (χ3v) is 4.32. The van der Waals surface area contributed by atoms with Crippen LogP contribution in [0, 0.1) is 0 Å². The molecule has 6 heteroatoms. The van der Waals surface area contributed by atoms with Gasteiger partial charge in [-0.05, 0) is 25.7 Å². The summed E-state index contributed by atoms with van der Waals surface area (Å²) in [6.45, 7) is 0. The van der Waals surface area contributed by atoms with Crippen LogP contribution in [-0.4, -0.2) is 20.8 Å². The van der Waals surface area contributed by atoms with Gasteiger partial charge in [0.1, 0.15) is 11.6 Å². The summed E-state index contributed by atoms with van der Waals surface area (Å²) in [6, 6.07) is 3.98. The SMILES string of the molecule is O=C(Nc1ccnn1C1CCCC1)c1cc(C2CC2)on1. The first-order valence-electron chi connectivity index (χ1n) is 7.63. The van der Waals surface area contributed by atoms with Crippen LogP contribution in [0.5, 0.6) is 0 Å². The van der Waals surface area contributed by atoms with E-state index in [0.717, 1.165) is 37.3 Å². The summed E-state index contributed by atoms with van der Waals surface area (Å²) in [5, 5.41) is 11.1. The van der Waals surface area contributed by atoms with Crippen molar-refractivity contribution in [2.24, 2.45) is 0 Å². The van der Waals surface area contributed by atoms with E-state index < -0.39 is 0 Å². The fourth-order valence-electron chi connectivity index (χ4n) is 2.99. The largest absolute Gasteiger partial charge is 0.360 e. The lowest BCUT2D eigenvalue weighted by Crippen LogP contribution is -2.17. The second-order valence-electron chi connectivity index (χ2n) is 5.94. The van der Waals surface area contributed by atoms with Crippen molar-refractivity contribution in [1.82, 2.24) is 14.9 Å². The van der Waals surface area contributed by atoms with Gasteiger partial charge in [-0.2, -0.15) is 5.10 Å². The maximum Gasteiger partial charge on any atom is 0.278 e. The molecule has 0 bridgehead atoms. The second-order valence-corrected chi connectivity index (χ2v) is 5.94.